The van der Waals surface area contributed by atoms with E-state index in [1.54, 1.807) is 0 Å². The smallest absolute Gasteiger partial charge is 0.329 e. The molecule has 0 spiro atoms. The molecule has 19 heavy (non-hydrogen) atoms. The Labute approximate surface area is 122 Å². The zero-order chi connectivity index (χ0) is 14.0. The molecule has 0 radical (unpaired) electrons. The van der Waals surface area contributed by atoms with Crippen LogP contribution in [0.3, 0.4) is 0 Å². The summed E-state index contributed by atoms with van der Waals surface area (Å²) < 4.78 is 5.20. The molecule has 3 nitrogen and oxygen atoms in total. The van der Waals surface area contributed by atoms with Gasteiger partial charge in [0.05, 0.1) is 27.7 Å². The molecule has 0 fully saturated rings. The number of benzene rings is 1. The number of ether oxygens (including phenoxy) is 1. The van der Waals surface area contributed by atoms with Crippen LogP contribution in [-0.2, 0) is 16.1 Å². The van der Waals surface area contributed by atoms with Crippen molar-refractivity contribution in [2.75, 3.05) is 27.7 Å². The van der Waals surface area contributed by atoms with E-state index in [1.807, 2.05) is 0 Å². The molecule has 0 heterocycles. The number of rotatable bonds is 4. The van der Waals surface area contributed by atoms with Gasteiger partial charge in [0.2, 0.25) is 0 Å². The van der Waals surface area contributed by atoms with Crippen molar-refractivity contribution in [3.63, 3.8) is 0 Å². The molecule has 0 atom stereocenters. The minimum Gasteiger partial charge on any atom is -1.00 e. The van der Waals surface area contributed by atoms with Crippen molar-refractivity contribution in [1.29, 1.82) is 0 Å². The number of nitrogens with zero attached hydrogens (tertiary/aromatic N) is 1. The van der Waals surface area contributed by atoms with E-state index in [0.29, 0.717) is 0 Å². The molecular weight excluding hydrogens is 262 g/mol. The largest absolute Gasteiger partial charge is 1.00 e. The second-order valence-electron chi connectivity index (χ2n) is 4.62. The lowest BCUT2D eigenvalue weighted by atomic mass is 10.2. The lowest BCUT2D eigenvalue weighted by molar-refractivity contribution is -0.901. The molecule has 0 amide bonds. The molecule has 0 N–H and O–H groups in total. The molecular formula is C15H24ClNO2. The molecule has 108 valence electrons. The average molecular weight is 286 g/mol. The molecule has 0 aliphatic heterocycles. The highest BCUT2D eigenvalue weighted by atomic mass is 35.5. The zero-order valence-electron chi connectivity index (χ0n) is 12.2. The molecule has 0 aliphatic carbocycles. The van der Waals surface area contributed by atoms with E-state index in [9.17, 15) is 4.79 Å². The summed E-state index contributed by atoms with van der Waals surface area (Å²) in [5, 5.41) is 0. The monoisotopic (exact) mass is 285 g/mol. The van der Waals surface area contributed by atoms with Gasteiger partial charge in [-0.05, 0) is 6.92 Å². The van der Waals surface area contributed by atoms with Gasteiger partial charge >= 0.3 is 5.97 Å². The quantitative estimate of drug-likeness (QED) is 0.429. The van der Waals surface area contributed by atoms with Gasteiger partial charge in [-0.15, -0.1) is 0 Å². The summed E-state index contributed by atoms with van der Waals surface area (Å²) in [5.41, 5.74) is 1.42. The van der Waals surface area contributed by atoms with E-state index < -0.39 is 5.97 Å². The Hall–Kier alpha value is -1.32. The van der Waals surface area contributed by atoms with Crippen LogP contribution in [0.25, 0.3) is 0 Å². The summed E-state index contributed by atoms with van der Waals surface area (Å²) in [5.74, 6) is -0.394. The summed E-state index contributed by atoms with van der Waals surface area (Å²) in [4.78, 5) is 9.84. The van der Waals surface area contributed by atoms with Crippen LogP contribution < -0.4 is 12.4 Å². The molecule has 0 aromatic heterocycles. The first-order chi connectivity index (χ1) is 8.45. The van der Waals surface area contributed by atoms with Crippen molar-refractivity contribution in [3.05, 3.63) is 48.6 Å². The summed E-state index contributed by atoms with van der Waals surface area (Å²) >= 11 is 0. The maximum absolute atomic E-state index is 9.84. The third kappa shape index (κ3) is 10.3. The van der Waals surface area contributed by atoms with Gasteiger partial charge in [0.1, 0.15) is 6.54 Å². The van der Waals surface area contributed by atoms with Gasteiger partial charge in [0, 0.05) is 11.6 Å². The van der Waals surface area contributed by atoms with Gasteiger partial charge in [0.15, 0.2) is 0 Å². The molecule has 0 unspecified atom stereocenters. The number of quaternary nitrogens is 1. The fraction of sp³-hybridized carbons (Fsp3) is 0.400. The SMILES string of the molecule is C=CC(=O)OC.CC[N+](C)(C)Cc1ccccc1.[Cl-]. The number of methoxy groups -OCH3 is 1. The maximum atomic E-state index is 9.84. The van der Waals surface area contributed by atoms with Crippen molar-refractivity contribution >= 4 is 5.97 Å². The molecule has 4 heteroatoms. The standard InChI is InChI=1S/C11H18N.C4H6O2.ClH/c1-4-12(2,3)10-11-8-6-5-7-9-11;1-3-4(5)6-2;/h5-9H,4,10H2,1-3H3;3H,1H2,2H3;1H/q+1;;/p-1. The Morgan fingerprint density at radius 3 is 2.16 bits per heavy atom. The predicted molar refractivity (Wildman–Crippen MR) is 75.0 cm³/mol. The van der Waals surface area contributed by atoms with E-state index in [1.165, 1.54) is 19.2 Å². The first kappa shape index (κ1) is 20.0. The maximum Gasteiger partial charge on any atom is 0.329 e. The molecule has 0 bridgehead atoms. The number of carbonyl (C=O) groups excluding carboxylic acids is 1. The first-order valence-electron chi connectivity index (χ1n) is 6.01. The van der Waals surface area contributed by atoms with Gasteiger partial charge in [-0.2, -0.15) is 0 Å². The number of hydrogen-bond donors (Lipinski definition) is 0. The van der Waals surface area contributed by atoms with E-state index >= 15 is 0 Å². The van der Waals surface area contributed by atoms with Crippen LogP contribution in [0.2, 0.25) is 0 Å². The highest BCUT2D eigenvalue weighted by Gasteiger charge is 2.11. The second-order valence-corrected chi connectivity index (χ2v) is 4.62. The second kappa shape index (κ2) is 10.6. The zero-order valence-corrected chi connectivity index (χ0v) is 13.0. The van der Waals surface area contributed by atoms with Gasteiger partial charge in [-0.25, -0.2) is 4.79 Å². The number of esters is 1. The van der Waals surface area contributed by atoms with Gasteiger partial charge in [-0.3, -0.25) is 0 Å². The van der Waals surface area contributed by atoms with E-state index in [2.05, 4.69) is 62.7 Å². The summed E-state index contributed by atoms with van der Waals surface area (Å²) in [7, 11) is 5.82. The van der Waals surface area contributed by atoms with Gasteiger partial charge in [-0.1, -0.05) is 36.9 Å². The van der Waals surface area contributed by atoms with Crippen LogP contribution in [0.1, 0.15) is 12.5 Å². The van der Waals surface area contributed by atoms with Crippen LogP contribution >= 0.6 is 0 Å². The Morgan fingerprint density at radius 1 is 1.32 bits per heavy atom. The fourth-order valence-electron chi connectivity index (χ4n) is 1.27. The van der Waals surface area contributed by atoms with Crippen molar-refractivity contribution in [2.45, 2.75) is 13.5 Å². The van der Waals surface area contributed by atoms with Crippen molar-refractivity contribution in [2.24, 2.45) is 0 Å². The lowest BCUT2D eigenvalue weighted by Crippen LogP contribution is -3.00. The van der Waals surface area contributed by atoms with Crippen molar-refractivity contribution in [3.8, 4) is 0 Å². The third-order valence-corrected chi connectivity index (χ3v) is 2.68. The van der Waals surface area contributed by atoms with Gasteiger partial charge in [0.25, 0.3) is 0 Å². The summed E-state index contributed by atoms with van der Waals surface area (Å²) in [6.45, 7) is 7.68. The first-order valence-corrected chi connectivity index (χ1v) is 6.01. The molecule has 0 aliphatic rings. The Balaban J connectivity index is 0. The van der Waals surface area contributed by atoms with Crippen LogP contribution in [-0.4, -0.2) is 38.2 Å². The normalized spacial score (nSPS) is 9.47. The summed E-state index contributed by atoms with van der Waals surface area (Å²) in [6.07, 6.45) is 1.11. The molecule has 0 saturated heterocycles. The third-order valence-electron chi connectivity index (χ3n) is 2.68. The molecule has 1 aromatic carbocycles. The fourth-order valence-corrected chi connectivity index (χ4v) is 1.27. The van der Waals surface area contributed by atoms with Crippen LogP contribution in [0.5, 0.6) is 0 Å². The Morgan fingerprint density at radius 2 is 1.84 bits per heavy atom. The highest BCUT2D eigenvalue weighted by molar-refractivity contribution is 5.80. The molecule has 1 aromatic rings. The molecule has 0 saturated carbocycles. The Kier molecular flexibility index (Phi) is 11.1. The van der Waals surface area contributed by atoms with Crippen LogP contribution in [0.15, 0.2) is 43.0 Å². The Bertz CT molecular complexity index is 364. The number of hydrogen-bond acceptors (Lipinski definition) is 2. The van der Waals surface area contributed by atoms with Crippen LogP contribution in [0.4, 0.5) is 0 Å². The average Bonchev–Trinajstić information content (AvgIpc) is 2.39. The van der Waals surface area contributed by atoms with Crippen molar-refractivity contribution < 1.29 is 26.4 Å². The minimum atomic E-state index is -0.394. The minimum absolute atomic E-state index is 0. The predicted octanol–water partition coefficient (Wildman–Crippen LogP) is -0.368. The number of carbonyl (C=O) groups is 1. The van der Waals surface area contributed by atoms with E-state index in [4.69, 9.17) is 0 Å². The number of halogens is 1. The van der Waals surface area contributed by atoms with E-state index in [0.717, 1.165) is 17.1 Å². The van der Waals surface area contributed by atoms with E-state index in [-0.39, 0.29) is 12.4 Å². The van der Waals surface area contributed by atoms with Gasteiger partial charge < -0.3 is 21.6 Å². The van der Waals surface area contributed by atoms with Crippen LogP contribution in [0, 0.1) is 0 Å². The highest BCUT2D eigenvalue weighted by Crippen LogP contribution is 2.07. The summed E-state index contributed by atoms with van der Waals surface area (Å²) in [6, 6.07) is 10.6. The topological polar surface area (TPSA) is 26.3 Å². The lowest BCUT2D eigenvalue weighted by Gasteiger charge is -2.28. The molecule has 1 rings (SSSR count). The van der Waals surface area contributed by atoms with Crippen molar-refractivity contribution in [1.82, 2.24) is 0 Å².